The van der Waals surface area contributed by atoms with Gasteiger partial charge in [0.15, 0.2) is 11.6 Å². The van der Waals surface area contributed by atoms with Crippen LogP contribution < -0.4 is 4.74 Å². The molecule has 1 heterocycles. The van der Waals surface area contributed by atoms with Crippen LogP contribution in [0.25, 0.3) is 0 Å². The van der Waals surface area contributed by atoms with E-state index in [1.165, 1.54) is 12.1 Å². The molecular weight excluding hydrogens is 273 g/mol. The van der Waals surface area contributed by atoms with E-state index in [4.69, 9.17) is 9.15 Å². The van der Waals surface area contributed by atoms with Crippen molar-refractivity contribution in [2.45, 2.75) is 19.4 Å². The minimum atomic E-state index is -0.428. The molecule has 0 aliphatic carbocycles. The van der Waals surface area contributed by atoms with Gasteiger partial charge in [0.25, 0.3) is 0 Å². The number of amides is 1. The van der Waals surface area contributed by atoms with Crippen molar-refractivity contribution in [2.75, 3.05) is 13.7 Å². The Morgan fingerprint density at radius 2 is 2.10 bits per heavy atom. The van der Waals surface area contributed by atoms with E-state index in [9.17, 15) is 9.18 Å². The minimum Gasteiger partial charge on any atom is -0.490 e. The van der Waals surface area contributed by atoms with E-state index in [2.05, 4.69) is 0 Å². The third-order valence-electron chi connectivity index (χ3n) is 3.34. The van der Waals surface area contributed by atoms with E-state index in [0.29, 0.717) is 0 Å². The molecule has 0 fully saturated rings. The molecule has 1 aromatic carbocycles. The first-order valence-corrected chi connectivity index (χ1v) is 6.76. The summed E-state index contributed by atoms with van der Waals surface area (Å²) in [5, 5.41) is 0. The van der Waals surface area contributed by atoms with Gasteiger partial charge in [-0.3, -0.25) is 4.79 Å². The molecule has 0 aliphatic rings. The molecule has 0 spiro atoms. The maximum atomic E-state index is 13.4. The molecule has 5 heteroatoms. The standard InChI is InChI=1S/C16H18FNO3/c1-12(14-8-5-10-20-14)18(2)16(19)9-11-21-15-7-4-3-6-13(15)17/h3-8,10,12H,9,11H2,1-2H3. The lowest BCUT2D eigenvalue weighted by Gasteiger charge is -2.23. The average Bonchev–Trinajstić information content (AvgIpc) is 3.01. The molecule has 0 aliphatic heterocycles. The van der Waals surface area contributed by atoms with Gasteiger partial charge in [0.1, 0.15) is 5.76 Å². The minimum absolute atomic E-state index is 0.0877. The predicted molar refractivity (Wildman–Crippen MR) is 76.4 cm³/mol. The summed E-state index contributed by atoms with van der Waals surface area (Å²) in [4.78, 5) is 13.7. The first-order valence-electron chi connectivity index (χ1n) is 6.76. The number of carbonyl (C=O) groups excluding carboxylic acids is 1. The van der Waals surface area contributed by atoms with Crippen LogP contribution in [0, 0.1) is 5.82 Å². The maximum Gasteiger partial charge on any atom is 0.226 e. The molecule has 4 nitrogen and oxygen atoms in total. The summed E-state index contributed by atoms with van der Waals surface area (Å²) in [6, 6.07) is 9.59. The first-order chi connectivity index (χ1) is 10.1. The summed E-state index contributed by atoms with van der Waals surface area (Å²) in [5.41, 5.74) is 0. The van der Waals surface area contributed by atoms with Gasteiger partial charge in [0, 0.05) is 7.05 Å². The molecule has 0 radical (unpaired) electrons. The van der Waals surface area contributed by atoms with Gasteiger partial charge < -0.3 is 14.1 Å². The zero-order valence-corrected chi connectivity index (χ0v) is 12.1. The number of nitrogens with zero attached hydrogens (tertiary/aromatic N) is 1. The summed E-state index contributed by atoms with van der Waals surface area (Å²) >= 11 is 0. The van der Waals surface area contributed by atoms with Gasteiger partial charge in [-0.2, -0.15) is 0 Å². The van der Waals surface area contributed by atoms with Crippen molar-refractivity contribution < 1.29 is 18.3 Å². The highest BCUT2D eigenvalue weighted by molar-refractivity contribution is 5.76. The highest BCUT2D eigenvalue weighted by Gasteiger charge is 2.19. The predicted octanol–water partition coefficient (Wildman–Crippen LogP) is 3.41. The Bertz CT molecular complexity index is 583. The number of benzene rings is 1. The van der Waals surface area contributed by atoms with Crippen molar-refractivity contribution in [3.05, 3.63) is 54.2 Å². The van der Waals surface area contributed by atoms with Crippen LogP contribution in [0.1, 0.15) is 25.1 Å². The Morgan fingerprint density at radius 1 is 1.33 bits per heavy atom. The van der Waals surface area contributed by atoms with Crippen LogP contribution in [0.15, 0.2) is 47.1 Å². The number of hydrogen-bond donors (Lipinski definition) is 0. The van der Waals surface area contributed by atoms with Crippen LogP contribution in [-0.2, 0) is 4.79 Å². The number of para-hydroxylation sites is 1. The molecular formula is C16H18FNO3. The molecule has 0 N–H and O–H groups in total. The SMILES string of the molecule is CC(c1ccco1)N(C)C(=O)CCOc1ccccc1F. The molecule has 1 aromatic heterocycles. The fraction of sp³-hybridized carbons (Fsp3) is 0.312. The highest BCUT2D eigenvalue weighted by atomic mass is 19.1. The van der Waals surface area contributed by atoms with E-state index in [1.807, 2.05) is 13.0 Å². The number of furan rings is 1. The fourth-order valence-electron chi connectivity index (χ4n) is 1.92. The van der Waals surface area contributed by atoms with Crippen LogP contribution in [-0.4, -0.2) is 24.5 Å². The molecule has 21 heavy (non-hydrogen) atoms. The Morgan fingerprint density at radius 3 is 2.76 bits per heavy atom. The Labute approximate surface area is 123 Å². The molecule has 1 unspecified atom stereocenters. The second-order valence-corrected chi connectivity index (χ2v) is 4.72. The molecule has 112 valence electrons. The van der Waals surface area contributed by atoms with Crippen molar-refractivity contribution in [3.63, 3.8) is 0 Å². The molecule has 2 aromatic rings. The largest absolute Gasteiger partial charge is 0.490 e. The number of halogens is 1. The van der Waals surface area contributed by atoms with Crippen molar-refractivity contribution >= 4 is 5.91 Å². The van der Waals surface area contributed by atoms with Gasteiger partial charge in [-0.05, 0) is 31.2 Å². The van der Waals surface area contributed by atoms with Crippen LogP contribution >= 0.6 is 0 Å². The van der Waals surface area contributed by atoms with Crippen LogP contribution in [0.5, 0.6) is 5.75 Å². The topological polar surface area (TPSA) is 42.7 Å². The van der Waals surface area contributed by atoms with Gasteiger partial charge in [0.2, 0.25) is 5.91 Å². The van der Waals surface area contributed by atoms with Crippen LogP contribution in [0.2, 0.25) is 0 Å². The smallest absolute Gasteiger partial charge is 0.226 e. The zero-order chi connectivity index (χ0) is 15.2. The lowest BCUT2D eigenvalue weighted by Crippen LogP contribution is -2.30. The lowest BCUT2D eigenvalue weighted by molar-refractivity contribution is -0.132. The fourth-order valence-corrected chi connectivity index (χ4v) is 1.92. The third-order valence-corrected chi connectivity index (χ3v) is 3.34. The van der Waals surface area contributed by atoms with Gasteiger partial charge in [-0.15, -0.1) is 0 Å². The monoisotopic (exact) mass is 291 g/mol. The van der Waals surface area contributed by atoms with Gasteiger partial charge in [-0.1, -0.05) is 12.1 Å². The van der Waals surface area contributed by atoms with Gasteiger partial charge in [-0.25, -0.2) is 4.39 Å². The molecule has 0 saturated carbocycles. The van der Waals surface area contributed by atoms with E-state index < -0.39 is 5.82 Å². The number of hydrogen-bond acceptors (Lipinski definition) is 3. The molecule has 2 rings (SSSR count). The second kappa shape index (κ2) is 6.92. The summed E-state index contributed by atoms with van der Waals surface area (Å²) in [5.74, 6) is 0.366. The second-order valence-electron chi connectivity index (χ2n) is 4.72. The molecule has 1 amide bonds. The maximum absolute atomic E-state index is 13.4. The summed E-state index contributed by atoms with van der Waals surface area (Å²) < 4.78 is 23.9. The lowest BCUT2D eigenvalue weighted by atomic mass is 10.2. The van der Waals surface area contributed by atoms with E-state index in [0.717, 1.165) is 5.76 Å². The highest BCUT2D eigenvalue weighted by Crippen LogP contribution is 2.20. The van der Waals surface area contributed by atoms with Gasteiger partial charge in [0.05, 0.1) is 25.3 Å². The summed E-state index contributed by atoms with van der Waals surface area (Å²) in [6.07, 6.45) is 1.75. The number of carbonyl (C=O) groups is 1. The molecule has 1 atom stereocenters. The third kappa shape index (κ3) is 3.84. The molecule has 0 saturated heterocycles. The van der Waals surface area contributed by atoms with E-state index in [-0.39, 0.29) is 30.7 Å². The normalized spacial score (nSPS) is 12.0. The van der Waals surface area contributed by atoms with E-state index in [1.54, 1.807) is 36.4 Å². The summed E-state index contributed by atoms with van der Waals surface area (Å²) in [7, 11) is 1.71. The van der Waals surface area contributed by atoms with Crippen molar-refractivity contribution in [3.8, 4) is 5.75 Å². The van der Waals surface area contributed by atoms with Crippen LogP contribution in [0.4, 0.5) is 4.39 Å². The van der Waals surface area contributed by atoms with Crippen LogP contribution in [0.3, 0.4) is 0 Å². The summed E-state index contributed by atoms with van der Waals surface area (Å²) in [6.45, 7) is 2.02. The van der Waals surface area contributed by atoms with Crippen molar-refractivity contribution in [1.82, 2.24) is 4.90 Å². The van der Waals surface area contributed by atoms with Crippen molar-refractivity contribution in [2.24, 2.45) is 0 Å². The first kappa shape index (κ1) is 15.1. The Balaban J connectivity index is 1.83. The zero-order valence-electron chi connectivity index (χ0n) is 12.1. The van der Waals surface area contributed by atoms with Crippen molar-refractivity contribution in [1.29, 1.82) is 0 Å². The number of rotatable bonds is 6. The average molecular weight is 291 g/mol. The number of ether oxygens (including phenoxy) is 1. The Hall–Kier alpha value is -2.30. The Kier molecular flexibility index (Phi) is 4.98. The molecule has 0 bridgehead atoms. The quantitative estimate of drug-likeness (QED) is 0.819. The van der Waals surface area contributed by atoms with Gasteiger partial charge >= 0.3 is 0 Å². The van der Waals surface area contributed by atoms with E-state index >= 15 is 0 Å².